The van der Waals surface area contributed by atoms with E-state index in [1.807, 2.05) is 16.9 Å². The van der Waals surface area contributed by atoms with Crippen molar-refractivity contribution in [2.45, 2.75) is 44.2 Å². The Balaban J connectivity index is 1.53. The van der Waals surface area contributed by atoms with Crippen LogP contribution < -0.4 is 5.73 Å². The lowest BCUT2D eigenvalue weighted by Crippen LogP contribution is -2.53. The van der Waals surface area contributed by atoms with Crippen LogP contribution in [0.15, 0.2) is 12.3 Å². The second kappa shape index (κ2) is 5.13. The maximum Gasteiger partial charge on any atom is 0.145 e. The van der Waals surface area contributed by atoms with Crippen molar-refractivity contribution in [2.75, 3.05) is 25.4 Å². The molecule has 3 rings (SSSR count). The smallest absolute Gasteiger partial charge is 0.145 e. The molecule has 1 aliphatic heterocycles. The third kappa shape index (κ3) is 2.77. The van der Waals surface area contributed by atoms with Gasteiger partial charge in [-0.25, -0.2) is 0 Å². The molecule has 2 aliphatic rings. The number of aliphatic hydroxyl groups is 1. The molecule has 0 radical (unpaired) electrons. The fourth-order valence-corrected chi connectivity index (χ4v) is 3.59. The molecule has 0 bridgehead atoms. The number of piperidine rings is 1. The molecule has 0 aromatic carbocycles. The predicted octanol–water partition coefficient (Wildman–Crippen LogP) is 1.09. The van der Waals surface area contributed by atoms with Gasteiger partial charge in [-0.15, -0.1) is 0 Å². The number of nitrogen functional groups attached to an aromatic ring is 1. The van der Waals surface area contributed by atoms with Crippen LogP contribution in [-0.2, 0) is 6.54 Å². The Morgan fingerprint density at radius 1 is 1.37 bits per heavy atom. The average molecular weight is 264 g/mol. The van der Waals surface area contributed by atoms with Gasteiger partial charge in [0.05, 0.1) is 12.1 Å². The van der Waals surface area contributed by atoms with Gasteiger partial charge in [0.2, 0.25) is 0 Å². The molecule has 3 N–H and O–H groups in total. The van der Waals surface area contributed by atoms with Crippen molar-refractivity contribution in [3.63, 3.8) is 0 Å². The number of nitrogens with two attached hydrogens (primary N) is 1. The molecule has 2 heterocycles. The van der Waals surface area contributed by atoms with Crippen LogP contribution in [0, 0.1) is 5.92 Å². The van der Waals surface area contributed by atoms with E-state index in [0.29, 0.717) is 11.7 Å². The first-order chi connectivity index (χ1) is 9.16. The number of hydrogen-bond donors (Lipinski definition) is 2. The minimum Gasteiger partial charge on any atom is -0.390 e. The maximum absolute atomic E-state index is 10.6. The van der Waals surface area contributed by atoms with E-state index in [9.17, 15) is 5.11 Å². The Bertz CT molecular complexity index is 433. The Morgan fingerprint density at radius 2 is 2.26 bits per heavy atom. The molecule has 1 aromatic heterocycles. The van der Waals surface area contributed by atoms with Gasteiger partial charge in [-0.3, -0.25) is 4.68 Å². The van der Waals surface area contributed by atoms with E-state index >= 15 is 0 Å². The van der Waals surface area contributed by atoms with E-state index in [0.717, 1.165) is 39.0 Å². The SMILES string of the molecule is Nc1ccn(CCN2CCC3(O)CCCCC3C2)n1. The van der Waals surface area contributed by atoms with Crippen LogP contribution >= 0.6 is 0 Å². The van der Waals surface area contributed by atoms with Crippen LogP contribution in [0.25, 0.3) is 0 Å². The third-order valence-corrected chi connectivity index (χ3v) is 4.82. The molecular formula is C14H24N4O. The zero-order valence-corrected chi connectivity index (χ0v) is 11.5. The van der Waals surface area contributed by atoms with E-state index in [2.05, 4.69) is 10.00 Å². The summed E-state index contributed by atoms with van der Waals surface area (Å²) in [6, 6.07) is 1.83. The topological polar surface area (TPSA) is 67.3 Å². The summed E-state index contributed by atoms with van der Waals surface area (Å²) in [6.07, 6.45) is 7.51. The fraction of sp³-hybridized carbons (Fsp3) is 0.786. The number of likely N-dealkylation sites (tertiary alicyclic amines) is 1. The minimum absolute atomic E-state index is 0.370. The summed E-state index contributed by atoms with van der Waals surface area (Å²) >= 11 is 0. The number of nitrogens with zero attached hydrogens (tertiary/aromatic N) is 3. The number of anilines is 1. The molecule has 19 heavy (non-hydrogen) atoms. The van der Waals surface area contributed by atoms with Gasteiger partial charge < -0.3 is 15.7 Å². The van der Waals surface area contributed by atoms with Crippen LogP contribution in [0.5, 0.6) is 0 Å². The molecule has 106 valence electrons. The van der Waals surface area contributed by atoms with E-state index in [4.69, 9.17) is 5.73 Å². The van der Waals surface area contributed by atoms with Crippen LogP contribution in [-0.4, -0.2) is 45.0 Å². The summed E-state index contributed by atoms with van der Waals surface area (Å²) in [5.74, 6) is 1.05. The van der Waals surface area contributed by atoms with Crippen LogP contribution in [0.1, 0.15) is 32.1 Å². The number of fused-ring (bicyclic) bond motifs is 1. The lowest BCUT2D eigenvalue weighted by molar-refractivity contribution is -0.0956. The van der Waals surface area contributed by atoms with E-state index in [1.165, 1.54) is 19.3 Å². The first kappa shape index (κ1) is 12.9. The normalized spacial score (nSPS) is 32.2. The first-order valence-electron chi connectivity index (χ1n) is 7.39. The Labute approximate surface area is 114 Å². The average Bonchev–Trinajstić information content (AvgIpc) is 2.82. The minimum atomic E-state index is -0.370. The van der Waals surface area contributed by atoms with Crippen LogP contribution in [0.2, 0.25) is 0 Å². The standard InChI is InChI=1S/C14H24N4O/c15-13-4-7-18(16-13)10-9-17-8-6-14(19)5-2-1-3-12(14)11-17/h4,7,12,19H,1-3,5-6,8-11H2,(H2,15,16). The highest BCUT2D eigenvalue weighted by molar-refractivity contribution is 5.23. The predicted molar refractivity (Wildman–Crippen MR) is 74.6 cm³/mol. The van der Waals surface area contributed by atoms with E-state index in [1.54, 1.807) is 0 Å². The summed E-state index contributed by atoms with van der Waals surface area (Å²) in [4.78, 5) is 2.46. The Hall–Kier alpha value is -1.07. The lowest BCUT2D eigenvalue weighted by Gasteiger charge is -2.47. The van der Waals surface area contributed by atoms with E-state index < -0.39 is 0 Å². The van der Waals surface area contributed by atoms with Crippen molar-refractivity contribution < 1.29 is 5.11 Å². The Morgan fingerprint density at radius 3 is 3.05 bits per heavy atom. The molecule has 0 spiro atoms. The van der Waals surface area contributed by atoms with Gasteiger partial charge in [-0.1, -0.05) is 12.8 Å². The summed E-state index contributed by atoms with van der Waals surface area (Å²) in [5, 5.41) is 14.8. The maximum atomic E-state index is 10.6. The zero-order valence-electron chi connectivity index (χ0n) is 11.5. The van der Waals surface area contributed by atoms with Crippen molar-refractivity contribution in [1.29, 1.82) is 0 Å². The number of hydrogen-bond acceptors (Lipinski definition) is 4. The molecular weight excluding hydrogens is 240 g/mol. The highest BCUT2D eigenvalue weighted by atomic mass is 16.3. The largest absolute Gasteiger partial charge is 0.390 e. The fourth-order valence-electron chi connectivity index (χ4n) is 3.59. The monoisotopic (exact) mass is 264 g/mol. The molecule has 1 saturated carbocycles. The van der Waals surface area contributed by atoms with Crippen molar-refractivity contribution in [3.8, 4) is 0 Å². The molecule has 5 nitrogen and oxygen atoms in total. The van der Waals surface area contributed by atoms with Gasteiger partial charge in [0.25, 0.3) is 0 Å². The summed E-state index contributed by atoms with van der Waals surface area (Å²) in [7, 11) is 0. The molecule has 1 aromatic rings. The number of aromatic nitrogens is 2. The van der Waals surface area contributed by atoms with Gasteiger partial charge >= 0.3 is 0 Å². The molecule has 1 saturated heterocycles. The van der Waals surface area contributed by atoms with Gasteiger partial charge in [0.15, 0.2) is 0 Å². The number of rotatable bonds is 3. The highest BCUT2D eigenvalue weighted by Gasteiger charge is 2.42. The first-order valence-corrected chi connectivity index (χ1v) is 7.39. The molecule has 2 atom stereocenters. The summed E-state index contributed by atoms with van der Waals surface area (Å²) in [6.45, 7) is 3.91. The van der Waals surface area contributed by atoms with Gasteiger partial charge in [-0.05, 0) is 25.3 Å². The second-order valence-corrected chi connectivity index (χ2v) is 6.10. The van der Waals surface area contributed by atoms with Gasteiger partial charge in [0, 0.05) is 31.7 Å². The quantitative estimate of drug-likeness (QED) is 0.857. The zero-order chi connectivity index (χ0) is 13.3. The van der Waals surface area contributed by atoms with E-state index in [-0.39, 0.29) is 5.60 Å². The Kier molecular flexibility index (Phi) is 3.50. The van der Waals surface area contributed by atoms with Crippen molar-refractivity contribution >= 4 is 5.82 Å². The van der Waals surface area contributed by atoms with Crippen LogP contribution in [0.3, 0.4) is 0 Å². The summed E-state index contributed by atoms with van der Waals surface area (Å²) in [5.41, 5.74) is 5.24. The second-order valence-electron chi connectivity index (χ2n) is 6.10. The third-order valence-electron chi connectivity index (χ3n) is 4.82. The van der Waals surface area contributed by atoms with Crippen molar-refractivity contribution in [2.24, 2.45) is 5.92 Å². The molecule has 0 amide bonds. The molecule has 2 fully saturated rings. The van der Waals surface area contributed by atoms with Gasteiger partial charge in [0.1, 0.15) is 5.82 Å². The summed E-state index contributed by atoms with van der Waals surface area (Å²) < 4.78 is 1.90. The van der Waals surface area contributed by atoms with Gasteiger partial charge in [-0.2, -0.15) is 5.10 Å². The van der Waals surface area contributed by atoms with Crippen molar-refractivity contribution in [3.05, 3.63) is 12.3 Å². The molecule has 2 unspecified atom stereocenters. The molecule has 5 heteroatoms. The molecule has 1 aliphatic carbocycles. The highest BCUT2D eigenvalue weighted by Crippen LogP contribution is 2.39. The van der Waals surface area contributed by atoms with Crippen LogP contribution in [0.4, 0.5) is 5.82 Å². The lowest BCUT2D eigenvalue weighted by atomic mass is 9.71. The van der Waals surface area contributed by atoms with Crippen molar-refractivity contribution in [1.82, 2.24) is 14.7 Å².